The van der Waals surface area contributed by atoms with Crippen LogP contribution < -0.4 is 9.80 Å². The lowest BCUT2D eigenvalue weighted by molar-refractivity contribution is -0.118. The summed E-state index contributed by atoms with van der Waals surface area (Å²) in [6.07, 6.45) is 0.375. The van der Waals surface area contributed by atoms with Gasteiger partial charge < -0.3 is 9.80 Å². The van der Waals surface area contributed by atoms with Gasteiger partial charge in [-0.05, 0) is 35.4 Å². The third-order valence-electron chi connectivity index (χ3n) is 5.25. The molecule has 0 aliphatic heterocycles. The zero-order valence-corrected chi connectivity index (χ0v) is 17.1. The highest BCUT2D eigenvalue weighted by Gasteiger charge is 2.21. The minimum absolute atomic E-state index is 0.00419. The maximum absolute atomic E-state index is 13.1. The summed E-state index contributed by atoms with van der Waals surface area (Å²) in [5, 5.41) is 0. The molecule has 4 nitrogen and oxygen atoms in total. The van der Waals surface area contributed by atoms with E-state index in [2.05, 4.69) is 24.3 Å². The highest BCUT2D eigenvalue weighted by atomic mass is 16.2. The smallest absolute Gasteiger partial charge is 0.227 e. The second kappa shape index (κ2) is 9.20. The van der Waals surface area contributed by atoms with Crippen LogP contribution in [0.15, 0.2) is 84.9 Å². The molecular formula is C25H26N2O2. The van der Waals surface area contributed by atoms with Crippen LogP contribution in [-0.4, -0.2) is 25.9 Å². The monoisotopic (exact) mass is 386 g/mol. The van der Waals surface area contributed by atoms with E-state index >= 15 is 0 Å². The van der Waals surface area contributed by atoms with Crippen LogP contribution in [0.25, 0.3) is 0 Å². The van der Waals surface area contributed by atoms with Crippen molar-refractivity contribution in [2.75, 3.05) is 23.9 Å². The maximum atomic E-state index is 13.1. The van der Waals surface area contributed by atoms with Crippen molar-refractivity contribution in [1.29, 1.82) is 0 Å². The van der Waals surface area contributed by atoms with Crippen molar-refractivity contribution < 1.29 is 9.59 Å². The predicted molar refractivity (Wildman–Crippen MR) is 118 cm³/mol. The molecule has 0 saturated heterocycles. The molecule has 0 radical (unpaired) electrons. The second-order valence-corrected chi connectivity index (χ2v) is 7.13. The molecule has 3 aromatic carbocycles. The Morgan fingerprint density at radius 1 is 0.690 bits per heavy atom. The third-order valence-corrected chi connectivity index (χ3v) is 5.25. The van der Waals surface area contributed by atoms with E-state index in [1.54, 1.807) is 23.9 Å². The Bertz CT molecular complexity index is 914. The first-order valence-corrected chi connectivity index (χ1v) is 9.68. The van der Waals surface area contributed by atoms with Crippen molar-refractivity contribution in [1.82, 2.24) is 0 Å². The number of benzene rings is 3. The number of hydrogen-bond donors (Lipinski definition) is 0. The number of amides is 2. The van der Waals surface area contributed by atoms with Gasteiger partial charge in [0.05, 0.1) is 0 Å². The van der Waals surface area contributed by atoms with Gasteiger partial charge in [-0.15, -0.1) is 0 Å². The number of hydrogen-bond acceptors (Lipinski definition) is 2. The fourth-order valence-electron chi connectivity index (χ4n) is 3.34. The molecule has 0 atom stereocenters. The lowest BCUT2D eigenvalue weighted by Crippen LogP contribution is -2.28. The van der Waals surface area contributed by atoms with Gasteiger partial charge in [0.1, 0.15) is 0 Å². The SMILES string of the molecule is CC(=O)N(C)c1ccc(N(C)C(=O)CC(c2ccccc2)c2ccccc2)cc1. The molecule has 0 heterocycles. The van der Waals surface area contributed by atoms with Gasteiger partial charge in [-0.1, -0.05) is 60.7 Å². The number of carbonyl (C=O) groups is 2. The number of rotatable bonds is 6. The molecule has 0 spiro atoms. The topological polar surface area (TPSA) is 40.6 Å². The van der Waals surface area contributed by atoms with Gasteiger partial charge >= 0.3 is 0 Å². The number of carbonyl (C=O) groups excluding carboxylic acids is 2. The van der Waals surface area contributed by atoms with Crippen LogP contribution in [0.1, 0.15) is 30.4 Å². The molecular weight excluding hydrogens is 360 g/mol. The highest BCUT2D eigenvalue weighted by molar-refractivity contribution is 5.95. The zero-order chi connectivity index (χ0) is 20.8. The molecule has 3 aromatic rings. The summed E-state index contributed by atoms with van der Waals surface area (Å²) < 4.78 is 0. The van der Waals surface area contributed by atoms with Gasteiger partial charge in [-0.3, -0.25) is 9.59 Å². The van der Waals surface area contributed by atoms with Crippen molar-refractivity contribution >= 4 is 23.2 Å². The third kappa shape index (κ3) is 4.91. The average molecular weight is 386 g/mol. The molecule has 4 heteroatoms. The van der Waals surface area contributed by atoms with Crippen LogP contribution in [0.5, 0.6) is 0 Å². The molecule has 0 fully saturated rings. The first kappa shape index (κ1) is 20.3. The van der Waals surface area contributed by atoms with Crippen LogP contribution >= 0.6 is 0 Å². The van der Waals surface area contributed by atoms with Gasteiger partial charge in [0.2, 0.25) is 11.8 Å². The molecule has 0 aliphatic carbocycles. The molecule has 29 heavy (non-hydrogen) atoms. The molecule has 0 aliphatic rings. The summed E-state index contributed by atoms with van der Waals surface area (Å²) in [6, 6.07) is 27.7. The fourth-order valence-corrected chi connectivity index (χ4v) is 3.34. The van der Waals surface area contributed by atoms with Crippen molar-refractivity contribution in [3.05, 3.63) is 96.1 Å². The Kier molecular flexibility index (Phi) is 6.45. The van der Waals surface area contributed by atoms with E-state index in [9.17, 15) is 9.59 Å². The normalized spacial score (nSPS) is 10.6. The Labute approximate surface area is 172 Å². The fraction of sp³-hybridized carbons (Fsp3) is 0.200. The molecule has 0 saturated carbocycles. The minimum Gasteiger partial charge on any atom is -0.316 e. The Balaban J connectivity index is 1.80. The quantitative estimate of drug-likeness (QED) is 0.607. The second-order valence-electron chi connectivity index (χ2n) is 7.13. The summed E-state index contributed by atoms with van der Waals surface area (Å²) in [7, 11) is 3.52. The van der Waals surface area contributed by atoms with E-state index in [-0.39, 0.29) is 17.7 Å². The highest BCUT2D eigenvalue weighted by Crippen LogP contribution is 2.29. The molecule has 0 aromatic heterocycles. The van der Waals surface area contributed by atoms with Gasteiger partial charge in [-0.25, -0.2) is 0 Å². The van der Waals surface area contributed by atoms with Crippen LogP contribution in [0.2, 0.25) is 0 Å². The number of nitrogens with zero attached hydrogens (tertiary/aromatic N) is 2. The minimum atomic E-state index is -0.0317. The summed E-state index contributed by atoms with van der Waals surface area (Å²) in [4.78, 5) is 27.9. The first-order valence-electron chi connectivity index (χ1n) is 9.68. The lowest BCUT2D eigenvalue weighted by Gasteiger charge is -2.23. The summed E-state index contributed by atoms with van der Waals surface area (Å²) in [5.41, 5.74) is 3.85. The van der Waals surface area contributed by atoms with E-state index in [0.717, 1.165) is 22.5 Å². The molecule has 3 rings (SSSR count). The molecule has 0 unspecified atom stereocenters. The zero-order valence-electron chi connectivity index (χ0n) is 17.1. The van der Waals surface area contributed by atoms with Crippen LogP contribution in [0, 0.1) is 0 Å². The average Bonchev–Trinajstić information content (AvgIpc) is 2.77. The first-order chi connectivity index (χ1) is 14.0. The summed E-state index contributed by atoms with van der Waals surface area (Å²) in [6.45, 7) is 1.52. The van der Waals surface area contributed by atoms with E-state index < -0.39 is 0 Å². The van der Waals surface area contributed by atoms with Gasteiger partial charge in [0, 0.05) is 44.7 Å². The Morgan fingerprint density at radius 3 is 1.52 bits per heavy atom. The van der Waals surface area contributed by atoms with Crippen molar-refractivity contribution in [2.24, 2.45) is 0 Å². The molecule has 0 bridgehead atoms. The van der Waals surface area contributed by atoms with Gasteiger partial charge in [0.25, 0.3) is 0 Å². The van der Waals surface area contributed by atoms with Crippen LogP contribution in [-0.2, 0) is 9.59 Å². The maximum Gasteiger partial charge on any atom is 0.227 e. The van der Waals surface area contributed by atoms with Crippen molar-refractivity contribution in [2.45, 2.75) is 19.3 Å². The van der Waals surface area contributed by atoms with Crippen molar-refractivity contribution in [3.8, 4) is 0 Å². The summed E-state index contributed by atoms with van der Waals surface area (Å²) in [5.74, 6) is 0.00148. The number of anilines is 2. The van der Waals surface area contributed by atoms with E-state index in [0.29, 0.717) is 6.42 Å². The van der Waals surface area contributed by atoms with E-state index in [1.165, 1.54) is 6.92 Å². The van der Waals surface area contributed by atoms with Crippen LogP contribution in [0.4, 0.5) is 11.4 Å². The largest absolute Gasteiger partial charge is 0.316 e. The Hall–Kier alpha value is -3.40. The van der Waals surface area contributed by atoms with Gasteiger partial charge in [-0.2, -0.15) is 0 Å². The van der Waals surface area contributed by atoms with Gasteiger partial charge in [0.15, 0.2) is 0 Å². The molecule has 148 valence electrons. The lowest BCUT2D eigenvalue weighted by atomic mass is 9.88. The molecule has 2 amide bonds. The van der Waals surface area contributed by atoms with E-state index in [1.807, 2.05) is 60.7 Å². The summed E-state index contributed by atoms with van der Waals surface area (Å²) >= 11 is 0. The Morgan fingerprint density at radius 2 is 1.10 bits per heavy atom. The molecule has 0 N–H and O–H groups in total. The van der Waals surface area contributed by atoms with Crippen molar-refractivity contribution in [3.63, 3.8) is 0 Å². The standard InChI is InChI=1S/C25H26N2O2/c1-19(28)26(2)22-14-16-23(17-15-22)27(3)25(29)18-24(20-10-6-4-7-11-20)21-12-8-5-9-13-21/h4-17,24H,18H2,1-3H3. The van der Waals surface area contributed by atoms with Crippen LogP contribution in [0.3, 0.4) is 0 Å². The predicted octanol–water partition coefficient (Wildman–Crippen LogP) is 4.85. The van der Waals surface area contributed by atoms with E-state index in [4.69, 9.17) is 0 Å².